The molecule has 0 bridgehead atoms. The van der Waals surface area contributed by atoms with Gasteiger partial charge < -0.3 is 14.0 Å². The zero-order valence-electron chi connectivity index (χ0n) is 39.7. The maximum Gasteiger partial charge on any atom is 0.121 e. The Labute approximate surface area is 390 Å². The fourth-order valence-corrected chi connectivity index (χ4v) is 9.20. The van der Waals surface area contributed by atoms with Crippen molar-refractivity contribution in [3.8, 4) is 50.6 Å². The fraction of sp³-hybridized carbons (Fsp3) is 0.158. The van der Waals surface area contributed by atoms with Crippen LogP contribution >= 0.6 is 0 Å². The molecule has 1 radical (unpaired) electrons. The van der Waals surface area contributed by atoms with E-state index in [1.54, 1.807) is 0 Å². The third kappa shape index (κ3) is 8.77. The monoisotopic (exact) mass is 1020 g/mol. The van der Waals surface area contributed by atoms with Crippen molar-refractivity contribution in [2.24, 2.45) is 0 Å². The van der Waals surface area contributed by atoms with Gasteiger partial charge in [-0.2, -0.15) is 0 Å². The molecule has 315 valence electrons. The van der Waals surface area contributed by atoms with Gasteiger partial charge in [0.25, 0.3) is 0 Å². The summed E-state index contributed by atoms with van der Waals surface area (Å²) in [6, 6.07) is 56.7. The predicted octanol–water partition coefficient (Wildman–Crippen LogP) is 15.1. The molecule has 0 aliphatic heterocycles. The van der Waals surface area contributed by atoms with E-state index in [1.165, 1.54) is 44.8 Å². The third-order valence-electron chi connectivity index (χ3n) is 11.5. The molecular weight excluding hydrogens is 963 g/mol. The van der Waals surface area contributed by atoms with Gasteiger partial charge >= 0.3 is 0 Å². The van der Waals surface area contributed by atoms with Crippen LogP contribution in [0.2, 0.25) is 19.6 Å². The van der Waals surface area contributed by atoms with Crippen LogP contribution in [0.3, 0.4) is 0 Å². The van der Waals surface area contributed by atoms with Crippen molar-refractivity contribution in [1.82, 2.24) is 14.5 Å². The molecule has 0 N–H and O–H groups in total. The standard InChI is InChI=1S/C43H35N2O.C14H16NSi.Ir/c1-27(2)36-24-32(30-16-9-6-10-17-30)25-37(28(3)4)41(36)45-39-21-12-11-20-38(39)44-43(45)35-19-13-18-34-33-23-22-31(26-40(33)46-42(34)35)29-14-7-5-8-15-29;1-16(2,3)13-9-10-14(15-11-13)12-7-5-4-6-8-12;/h5-18,20-28H,1-4H3;4-7,9-11H,1-3H3;/q2*-1;/i;4D,5D,6D;. The Kier molecular flexibility index (Phi) is 11.5. The van der Waals surface area contributed by atoms with Gasteiger partial charge in [0.1, 0.15) is 5.58 Å². The first-order valence-corrected chi connectivity index (χ1v) is 24.9. The van der Waals surface area contributed by atoms with Crippen LogP contribution in [0.5, 0.6) is 0 Å². The smallest absolute Gasteiger partial charge is 0.121 e. The topological polar surface area (TPSA) is 43.9 Å². The van der Waals surface area contributed by atoms with Crippen molar-refractivity contribution in [3.05, 3.63) is 193 Å². The van der Waals surface area contributed by atoms with Crippen molar-refractivity contribution in [2.75, 3.05) is 0 Å². The average molecular weight is 1020 g/mol. The predicted molar refractivity (Wildman–Crippen MR) is 263 cm³/mol. The van der Waals surface area contributed by atoms with Gasteiger partial charge in [0.2, 0.25) is 0 Å². The number of aromatic nitrogens is 3. The second-order valence-corrected chi connectivity index (χ2v) is 22.5. The number of pyridine rings is 1. The molecule has 7 aromatic carbocycles. The summed E-state index contributed by atoms with van der Waals surface area (Å²) in [5.41, 5.74) is 14.4. The summed E-state index contributed by atoms with van der Waals surface area (Å²) >= 11 is 0. The number of benzene rings is 7. The first kappa shape index (κ1) is 39.7. The second kappa shape index (κ2) is 18.3. The molecule has 0 atom stereocenters. The van der Waals surface area contributed by atoms with Gasteiger partial charge in [-0.25, -0.2) is 0 Å². The quantitative estimate of drug-likeness (QED) is 0.113. The number of para-hydroxylation sites is 2. The minimum absolute atomic E-state index is 0. The van der Waals surface area contributed by atoms with Crippen LogP contribution in [0.15, 0.2) is 174 Å². The van der Waals surface area contributed by atoms with Gasteiger partial charge in [-0.05, 0) is 87.8 Å². The molecule has 0 unspecified atom stereocenters. The Balaban J connectivity index is 0.000000249. The average Bonchev–Trinajstić information content (AvgIpc) is 3.89. The van der Waals surface area contributed by atoms with E-state index in [0.29, 0.717) is 11.3 Å². The largest absolute Gasteiger partial charge is 0.501 e. The molecule has 0 saturated carbocycles. The molecule has 3 aromatic heterocycles. The number of nitrogens with zero attached hydrogens (tertiary/aromatic N) is 3. The SMILES string of the molecule is CC(C)c1cc(-c2ccccc2)cc(C(C)C)c1-n1c(-c2[c-]ccc3c2oc2cc(-c4ccccc4)ccc23)nc2ccccc21.[2H]c1[c-]c(-c2ccc([Si](C)(C)C)cn2)cc([2H])c1[2H].[Ir]. The zero-order valence-corrected chi connectivity index (χ0v) is 40.1. The van der Waals surface area contributed by atoms with E-state index in [2.05, 4.69) is 190 Å². The molecule has 0 amide bonds. The molecule has 10 aromatic rings. The van der Waals surface area contributed by atoms with E-state index < -0.39 is 8.07 Å². The van der Waals surface area contributed by atoms with E-state index >= 15 is 0 Å². The van der Waals surface area contributed by atoms with E-state index in [-0.39, 0.29) is 50.1 Å². The molecule has 0 spiro atoms. The van der Waals surface area contributed by atoms with Crippen LogP contribution in [-0.2, 0) is 20.1 Å². The summed E-state index contributed by atoms with van der Waals surface area (Å²) in [6.07, 6.45) is 1.87. The maximum absolute atomic E-state index is 7.64. The van der Waals surface area contributed by atoms with Crippen LogP contribution in [0.4, 0.5) is 0 Å². The normalized spacial score (nSPS) is 12.2. The molecule has 0 aliphatic rings. The summed E-state index contributed by atoms with van der Waals surface area (Å²) in [7, 11) is -1.36. The number of imidazole rings is 1. The van der Waals surface area contributed by atoms with Crippen molar-refractivity contribution in [1.29, 1.82) is 0 Å². The van der Waals surface area contributed by atoms with Gasteiger partial charge in [-0.15, -0.1) is 54.0 Å². The minimum Gasteiger partial charge on any atom is -0.501 e. The summed E-state index contributed by atoms with van der Waals surface area (Å²) in [5.74, 6) is 1.41. The Hall–Kier alpha value is -6.17. The molecule has 3 heterocycles. The molecule has 0 saturated heterocycles. The number of furan rings is 1. The van der Waals surface area contributed by atoms with Gasteiger partial charge in [0.15, 0.2) is 0 Å². The molecule has 63 heavy (non-hydrogen) atoms. The van der Waals surface area contributed by atoms with Gasteiger partial charge in [-0.1, -0.05) is 155 Å². The van der Waals surface area contributed by atoms with Crippen LogP contribution < -0.4 is 5.19 Å². The molecule has 6 heteroatoms. The molecule has 0 aliphatic carbocycles. The molecular formula is C57H51IrN3OSi-2. The Morgan fingerprint density at radius 1 is 0.651 bits per heavy atom. The van der Waals surface area contributed by atoms with Crippen LogP contribution in [0.25, 0.3) is 83.6 Å². The Morgan fingerprint density at radius 3 is 1.95 bits per heavy atom. The summed E-state index contributed by atoms with van der Waals surface area (Å²) in [6.45, 7) is 15.9. The third-order valence-corrected chi connectivity index (χ3v) is 13.5. The van der Waals surface area contributed by atoms with Gasteiger partial charge in [-0.3, -0.25) is 4.98 Å². The Morgan fingerprint density at radius 2 is 1.32 bits per heavy atom. The van der Waals surface area contributed by atoms with E-state index in [0.717, 1.165) is 49.9 Å². The molecule has 10 rings (SSSR count). The van der Waals surface area contributed by atoms with Gasteiger partial charge in [0, 0.05) is 40.1 Å². The number of hydrogen-bond acceptors (Lipinski definition) is 3. The number of fused-ring (bicyclic) bond motifs is 4. The first-order valence-electron chi connectivity index (χ1n) is 22.9. The first-order chi connectivity index (χ1) is 31.3. The van der Waals surface area contributed by atoms with E-state index in [4.69, 9.17) is 13.5 Å². The van der Waals surface area contributed by atoms with Crippen LogP contribution in [-0.4, -0.2) is 22.6 Å². The van der Waals surface area contributed by atoms with Crippen molar-refractivity contribution >= 4 is 46.2 Å². The summed E-state index contributed by atoms with van der Waals surface area (Å²) in [4.78, 5) is 9.70. The minimum atomic E-state index is -1.36. The molecule has 0 fully saturated rings. The summed E-state index contributed by atoms with van der Waals surface area (Å²) in [5, 5.41) is 3.42. The van der Waals surface area contributed by atoms with Crippen molar-refractivity contribution in [2.45, 2.75) is 59.2 Å². The van der Waals surface area contributed by atoms with Crippen molar-refractivity contribution in [3.63, 3.8) is 0 Å². The van der Waals surface area contributed by atoms with Crippen LogP contribution in [0.1, 0.15) is 54.8 Å². The van der Waals surface area contributed by atoms with Crippen molar-refractivity contribution < 1.29 is 28.6 Å². The fourth-order valence-electron chi connectivity index (χ4n) is 8.17. The van der Waals surface area contributed by atoms with Gasteiger partial charge in [0.05, 0.1) is 30.5 Å². The Bertz CT molecular complexity index is 3290. The van der Waals surface area contributed by atoms with E-state index in [1.807, 2.05) is 24.4 Å². The summed E-state index contributed by atoms with van der Waals surface area (Å²) < 4.78 is 31.8. The number of rotatable bonds is 8. The maximum atomic E-state index is 7.64. The van der Waals surface area contributed by atoms with E-state index in [9.17, 15) is 0 Å². The molecule has 4 nitrogen and oxygen atoms in total. The second-order valence-electron chi connectivity index (χ2n) is 17.5. The zero-order chi connectivity index (χ0) is 45.6. The number of hydrogen-bond donors (Lipinski definition) is 0. The van der Waals surface area contributed by atoms with Crippen LogP contribution in [0, 0.1) is 12.1 Å².